The summed E-state index contributed by atoms with van der Waals surface area (Å²) in [6, 6.07) is 10.8. The summed E-state index contributed by atoms with van der Waals surface area (Å²) < 4.78 is 7.54. The molecule has 1 aliphatic heterocycles. The Kier molecular flexibility index (Phi) is 4.55. The molecule has 132 valence electrons. The summed E-state index contributed by atoms with van der Waals surface area (Å²) in [5.41, 5.74) is 0.479. The van der Waals surface area contributed by atoms with Gasteiger partial charge >= 0.3 is 0 Å². The predicted octanol–water partition coefficient (Wildman–Crippen LogP) is 1.74. The van der Waals surface area contributed by atoms with Gasteiger partial charge in [-0.25, -0.2) is 4.68 Å². The number of pyridine rings is 1. The van der Waals surface area contributed by atoms with Crippen LogP contribution in [-0.2, 0) is 0 Å². The lowest BCUT2D eigenvalue weighted by atomic mass is 10.1. The van der Waals surface area contributed by atoms with Gasteiger partial charge in [-0.1, -0.05) is 6.07 Å². The molecule has 4 rings (SSSR count). The van der Waals surface area contributed by atoms with Crippen molar-refractivity contribution in [3.05, 3.63) is 60.7 Å². The number of ether oxygens (including phenoxy) is 1. The van der Waals surface area contributed by atoms with Crippen LogP contribution >= 0.6 is 0 Å². The molecule has 4 heterocycles. The summed E-state index contributed by atoms with van der Waals surface area (Å²) in [6.45, 7) is 1.28. The molecular weight excluding hydrogens is 332 g/mol. The van der Waals surface area contributed by atoms with E-state index in [0.717, 1.165) is 12.8 Å². The molecule has 0 atom stereocenters. The lowest BCUT2D eigenvalue weighted by molar-refractivity contribution is 0.0580. The minimum Gasteiger partial charge on any atom is -0.473 e. The van der Waals surface area contributed by atoms with Gasteiger partial charge < -0.3 is 9.64 Å². The average molecular weight is 350 g/mol. The number of hydrogen-bond donors (Lipinski definition) is 0. The monoisotopic (exact) mass is 350 g/mol. The average Bonchev–Trinajstić information content (AvgIpc) is 3.24. The number of likely N-dealkylation sites (tertiary alicyclic amines) is 1. The summed E-state index contributed by atoms with van der Waals surface area (Å²) in [6.07, 6.45) is 6.65. The maximum atomic E-state index is 12.4. The van der Waals surface area contributed by atoms with Gasteiger partial charge in [-0.05, 0) is 24.3 Å². The van der Waals surface area contributed by atoms with E-state index in [9.17, 15) is 4.79 Å². The molecule has 26 heavy (non-hydrogen) atoms. The third kappa shape index (κ3) is 3.53. The molecule has 8 nitrogen and oxygen atoms in total. The first-order valence-electron chi connectivity index (χ1n) is 8.50. The molecule has 3 aromatic rings. The van der Waals surface area contributed by atoms with E-state index < -0.39 is 0 Å². The molecule has 0 spiro atoms. The van der Waals surface area contributed by atoms with Gasteiger partial charge in [-0.2, -0.15) is 5.10 Å². The molecule has 0 N–H and O–H groups in total. The molecule has 1 saturated heterocycles. The van der Waals surface area contributed by atoms with Crippen molar-refractivity contribution in [3.8, 4) is 11.7 Å². The van der Waals surface area contributed by atoms with Crippen LogP contribution in [0.3, 0.4) is 0 Å². The van der Waals surface area contributed by atoms with Gasteiger partial charge in [0.15, 0.2) is 5.82 Å². The Morgan fingerprint density at radius 3 is 2.58 bits per heavy atom. The number of nitrogens with zero attached hydrogens (tertiary/aromatic N) is 6. The summed E-state index contributed by atoms with van der Waals surface area (Å²) in [4.78, 5) is 18.3. The van der Waals surface area contributed by atoms with Crippen LogP contribution in [-0.4, -0.2) is 55.0 Å². The molecular formula is C18H18N6O2. The van der Waals surface area contributed by atoms with E-state index in [0.29, 0.717) is 30.5 Å². The largest absolute Gasteiger partial charge is 0.473 e. The quantitative estimate of drug-likeness (QED) is 0.712. The normalized spacial score (nSPS) is 15.0. The summed E-state index contributed by atoms with van der Waals surface area (Å²) >= 11 is 0. The van der Waals surface area contributed by atoms with E-state index in [1.807, 2.05) is 23.1 Å². The standard InChI is InChI=1S/C18H18N6O2/c25-18(15-4-1-2-9-19-15)23-12-7-14(8-13-23)26-17-6-5-16(21-22-17)24-11-3-10-20-24/h1-6,9-11,14H,7-8,12-13H2. The van der Waals surface area contributed by atoms with Crippen LogP contribution in [0, 0.1) is 0 Å². The molecule has 0 aliphatic carbocycles. The number of carbonyl (C=O) groups excluding carboxylic acids is 1. The first kappa shape index (κ1) is 16.2. The second-order valence-corrected chi connectivity index (χ2v) is 6.00. The van der Waals surface area contributed by atoms with Gasteiger partial charge in [-0.15, -0.1) is 10.2 Å². The number of carbonyl (C=O) groups is 1. The fourth-order valence-electron chi connectivity index (χ4n) is 2.90. The lowest BCUT2D eigenvalue weighted by Crippen LogP contribution is -2.42. The van der Waals surface area contributed by atoms with E-state index in [2.05, 4.69) is 20.3 Å². The van der Waals surface area contributed by atoms with Crippen LogP contribution < -0.4 is 4.74 Å². The fraction of sp³-hybridized carbons (Fsp3) is 0.278. The summed E-state index contributed by atoms with van der Waals surface area (Å²) in [5.74, 6) is 1.08. The fourth-order valence-corrected chi connectivity index (χ4v) is 2.90. The molecule has 8 heteroatoms. The van der Waals surface area contributed by atoms with Crippen LogP contribution in [0.1, 0.15) is 23.3 Å². The Bertz CT molecular complexity index is 843. The second-order valence-electron chi connectivity index (χ2n) is 6.00. The highest BCUT2D eigenvalue weighted by molar-refractivity contribution is 5.92. The van der Waals surface area contributed by atoms with E-state index >= 15 is 0 Å². The van der Waals surface area contributed by atoms with Gasteiger partial charge in [0.05, 0.1) is 0 Å². The third-order valence-corrected chi connectivity index (χ3v) is 4.27. The van der Waals surface area contributed by atoms with Crippen molar-refractivity contribution in [2.24, 2.45) is 0 Å². The number of hydrogen-bond acceptors (Lipinski definition) is 6. The number of piperidine rings is 1. The Balaban J connectivity index is 1.32. The van der Waals surface area contributed by atoms with E-state index in [-0.39, 0.29) is 12.0 Å². The second kappa shape index (κ2) is 7.30. The van der Waals surface area contributed by atoms with Crippen molar-refractivity contribution in [2.45, 2.75) is 18.9 Å². The van der Waals surface area contributed by atoms with Gasteiger partial charge in [-0.3, -0.25) is 9.78 Å². The van der Waals surface area contributed by atoms with E-state index in [1.165, 1.54) is 0 Å². The third-order valence-electron chi connectivity index (χ3n) is 4.27. The molecule has 3 aromatic heterocycles. The highest BCUT2D eigenvalue weighted by Gasteiger charge is 2.25. The molecule has 0 radical (unpaired) electrons. The highest BCUT2D eigenvalue weighted by atomic mass is 16.5. The van der Waals surface area contributed by atoms with Gasteiger partial charge in [0, 0.05) is 50.6 Å². The Morgan fingerprint density at radius 1 is 1.04 bits per heavy atom. The van der Waals surface area contributed by atoms with Crippen molar-refractivity contribution in [1.29, 1.82) is 0 Å². The Labute approximate surface area is 150 Å². The lowest BCUT2D eigenvalue weighted by Gasteiger charge is -2.31. The zero-order valence-corrected chi connectivity index (χ0v) is 14.1. The predicted molar refractivity (Wildman–Crippen MR) is 92.9 cm³/mol. The van der Waals surface area contributed by atoms with Crippen LogP contribution in [0.15, 0.2) is 55.0 Å². The van der Waals surface area contributed by atoms with Crippen molar-refractivity contribution < 1.29 is 9.53 Å². The first-order valence-corrected chi connectivity index (χ1v) is 8.50. The number of aromatic nitrogens is 5. The topological polar surface area (TPSA) is 86.0 Å². The van der Waals surface area contributed by atoms with Crippen LogP contribution in [0.5, 0.6) is 5.88 Å². The minimum atomic E-state index is -0.0348. The molecule has 1 amide bonds. The zero-order chi connectivity index (χ0) is 17.8. The SMILES string of the molecule is O=C(c1ccccn1)N1CCC(Oc2ccc(-n3cccn3)nn2)CC1. The molecule has 1 aliphatic rings. The zero-order valence-electron chi connectivity index (χ0n) is 14.1. The maximum Gasteiger partial charge on any atom is 0.272 e. The molecule has 1 fully saturated rings. The van der Waals surface area contributed by atoms with Crippen molar-refractivity contribution in [1.82, 2.24) is 29.9 Å². The summed E-state index contributed by atoms with van der Waals surface area (Å²) in [5, 5.41) is 12.3. The highest BCUT2D eigenvalue weighted by Crippen LogP contribution is 2.18. The molecule has 0 bridgehead atoms. The van der Waals surface area contributed by atoms with Crippen molar-refractivity contribution >= 4 is 5.91 Å². The van der Waals surface area contributed by atoms with Crippen molar-refractivity contribution in [3.63, 3.8) is 0 Å². The van der Waals surface area contributed by atoms with Gasteiger partial charge in [0.2, 0.25) is 5.88 Å². The molecule has 0 unspecified atom stereocenters. The van der Waals surface area contributed by atoms with Crippen LogP contribution in [0.25, 0.3) is 5.82 Å². The minimum absolute atomic E-state index is 0.0210. The maximum absolute atomic E-state index is 12.4. The molecule has 0 saturated carbocycles. The van der Waals surface area contributed by atoms with Crippen molar-refractivity contribution in [2.75, 3.05) is 13.1 Å². The Hall–Kier alpha value is -3.29. The smallest absolute Gasteiger partial charge is 0.272 e. The summed E-state index contributed by atoms with van der Waals surface area (Å²) in [7, 11) is 0. The molecule has 0 aromatic carbocycles. The van der Waals surface area contributed by atoms with Crippen LogP contribution in [0.2, 0.25) is 0 Å². The number of amides is 1. The van der Waals surface area contributed by atoms with E-state index in [1.54, 1.807) is 41.5 Å². The van der Waals surface area contributed by atoms with E-state index in [4.69, 9.17) is 4.74 Å². The Morgan fingerprint density at radius 2 is 1.92 bits per heavy atom. The first-order chi connectivity index (χ1) is 12.8. The number of rotatable bonds is 4. The van der Waals surface area contributed by atoms with Gasteiger partial charge in [0.25, 0.3) is 5.91 Å². The van der Waals surface area contributed by atoms with Crippen LogP contribution in [0.4, 0.5) is 0 Å². The van der Waals surface area contributed by atoms with Gasteiger partial charge in [0.1, 0.15) is 11.8 Å².